The van der Waals surface area contributed by atoms with Gasteiger partial charge in [0.05, 0.1) is 6.61 Å². The summed E-state index contributed by atoms with van der Waals surface area (Å²) >= 11 is 6.02. The van der Waals surface area contributed by atoms with Gasteiger partial charge in [-0.1, -0.05) is 36.7 Å². The Kier molecular flexibility index (Phi) is 6.41. The highest BCUT2D eigenvalue weighted by Crippen LogP contribution is 2.13. The summed E-state index contributed by atoms with van der Waals surface area (Å²) in [7, 11) is 0. The molecule has 0 radical (unpaired) electrons. The molecule has 0 saturated heterocycles. The third kappa shape index (κ3) is 5.17. The molecule has 1 aromatic carbocycles. The number of rotatable bonds is 7. The van der Waals surface area contributed by atoms with E-state index in [1.807, 2.05) is 24.3 Å². The molecule has 0 spiro atoms. The fourth-order valence-corrected chi connectivity index (χ4v) is 1.46. The molecule has 0 unspecified atom stereocenters. The summed E-state index contributed by atoms with van der Waals surface area (Å²) in [4.78, 5) is 0. The normalized spacial score (nSPS) is 10.5. The van der Waals surface area contributed by atoms with E-state index in [-0.39, 0.29) is 0 Å². The van der Waals surface area contributed by atoms with Gasteiger partial charge in [-0.25, -0.2) is 0 Å². The largest absolute Gasteiger partial charge is 0.380 e. The lowest BCUT2D eigenvalue weighted by Crippen LogP contribution is -2.19. The van der Waals surface area contributed by atoms with E-state index in [2.05, 4.69) is 12.2 Å². The molecule has 1 aromatic rings. The topological polar surface area (TPSA) is 21.3 Å². The minimum absolute atomic E-state index is 0.762. The van der Waals surface area contributed by atoms with Gasteiger partial charge in [0.2, 0.25) is 0 Å². The van der Waals surface area contributed by atoms with E-state index in [4.69, 9.17) is 16.3 Å². The number of nitrogens with one attached hydrogen (secondary N) is 1. The van der Waals surface area contributed by atoms with Gasteiger partial charge in [-0.3, -0.25) is 0 Å². The lowest BCUT2D eigenvalue weighted by Gasteiger charge is -2.06. The van der Waals surface area contributed by atoms with E-state index < -0.39 is 0 Å². The van der Waals surface area contributed by atoms with Crippen molar-refractivity contribution >= 4 is 11.6 Å². The monoisotopic (exact) mass is 227 g/mol. The van der Waals surface area contributed by atoms with E-state index in [0.29, 0.717) is 0 Å². The highest BCUT2D eigenvalue weighted by molar-refractivity contribution is 6.31. The first-order chi connectivity index (χ1) is 7.34. The number of hydrogen-bond acceptors (Lipinski definition) is 2. The highest BCUT2D eigenvalue weighted by atomic mass is 35.5. The van der Waals surface area contributed by atoms with Crippen LogP contribution in [0.4, 0.5) is 0 Å². The number of benzene rings is 1. The van der Waals surface area contributed by atoms with Gasteiger partial charge in [0, 0.05) is 24.7 Å². The molecular formula is C12H18ClNO. The second-order valence-electron chi connectivity index (χ2n) is 3.38. The zero-order chi connectivity index (χ0) is 10.9. The van der Waals surface area contributed by atoms with Gasteiger partial charge < -0.3 is 10.1 Å². The quantitative estimate of drug-likeness (QED) is 0.724. The van der Waals surface area contributed by atoms with E-state index >= 15 is 0 Å². The molecule has 84 valence electrons. The lowest BCUT2D eigenvalue weighted by molar-refractivity contribution is 0.136. The summed E-state index contributed by atoms with van der Waals surface area (Å²) in [6, 6.07) is 7.88. The second kappa shape index (κ2) is 7.69. The molecule has 0 aliphatic rings. The standard InChI is InChI=1S/C12H18ClNO/c1-2-8-15-9-7-14-10-11-5-3-4-6-12(11)13/h3-6,14H,2,7-10H2,1H3. The summed E-state index contributed by atoms with van der Waals surface area (Å²) in [5.74, 6) is 0. The zero-order valence-corrected chi connectivity index (χ0v) is 9.89. The first-order valence-electron chi connectivity index (χ1n) is 5.36. The Morgan fingerprint density at radius 2 is 2.07 bits per heavy atom. The molecule has 1 rings (SSSR count). The fourth-order valence-electron chi connectivity index (χ4n) is 1.26. The molecule has 0 heterocycles. The predicted octanol–water partition coefficient (Wildman–Crippen LogP) is 2.86. The van der Waals surface area contributed by atoms with Crippen molar-refractivity contribution in [3.63, 3.8) is 0 Å². The molecule has 0 aromatic heterocycles. The van der Waals surface area contributed by atoms with Crippen LogP contribution in [0.15, 0.2) is 24.3 Å². The van der Waals surface area contributed by atoms with Gasteiger partial charge in [0.15, 0.2) is 0 Å². The van der Waals surface area contributed by atoms with Crippen LogP contribution in [-0.2, 0) is 11.3 Å². The van der Waals surface area contributed by atoms with Gasteiger partial charge in [-0.15, -0.1) is 0 Å². The molecule has 0 atom stereocenters. The van der Waals surface area contributed by atoms with Gasteiger partial charge in [-0.2, -0.15) is 0 Å². The number of hydrogen-bond donors (Lipinski definition) is 1. The maximum Gasteiger partial charge on any atom is 0.0591 e. The van der Waals surface area contributed by atoms with Crippen LogP contribution in [0.25, 0.3) is 0 Å². The van der Waals surface area contributed by atoms with Crippen molar-refractivity contribution in [2.24, 2.45) is 0 Å². The van der Waals surface area contributed by atoms with Crippen LogP contribution in [0.2, 0.25) is 5.02 Å². The molecule has 0 bridgehead atoms. The molecular weight excluding hydrogens is 210 g/mol. The molecule has 0 fully saturated rings. The molecule has 2 nitrogen and oxygen atoms in total. The fraction of sp³-hybridized carbons (Fsp3) is 0.500. The van der Waals surface area contributed by atoms with Crippen LogP contribution >= 0.6 is 11.6 Å². The maximum atomic E-state index is 6.02. The first-order valence-corrected chi connectivity index (χ1v) is 5.74. The minimum atomic E-state index is 0.762. The van der Waals surface area contributed by atoms with Crippen molar-refractivity contribution in [2.45, 2.75) is 19.9 Å². The minimum Gasteiger partial charge on any atom is -0.380 e. The Morgan fingerprint density at radius 3 is 2.80 bits per heavy atom. The van der Waals surface area contributed by atoms with Crippen LogP contribution < -0.4 is 5.32 Å². The van der Waals surface area contributed by atoms with Crippen LogP contribution in [0.5, 0.6) is 0 Å². The summed E-state index contributed by atoms with van der Waals surface area (Å²) < 4.78 is 5.36. The highest BCUT2D eigenvalue weighted by Gasteiger charge is 1.97. The summed E-state index contributed by atoms with van der Waals surface area (Å²) in [5.41, 5.74) is 1.13. The Bertz CT molecular complexity index is 278. The summed E-state index contributed by atoms with van der Waals surface area (Å²) in [5, 5.41) is 4.11. The van der Waals surface area contributed by atoms with E-state index in [1.54, 1.807) is 0 Å². The van der Waals surface area contributed by atoms with Crippen molar-refractivity contribution in [2.75, 3.05) is 19.8 Å². The van der Waals surface area contributed by atoms with Crippen molar-refractivity contribution in [3.8, 4) is 0 Å². The van der Waals surface area contributed by atoms with Crippen molar-refractivity contribution in [1.82, 2.24) is 5.32 Å². The lowest BCUT2D eigenvalue weighted by atomic mass is 10.2. The van der Waals surface area contributed by atoms with Gasteiger partial charge in [0.1, 0.15) is 0 Å². The first kappa shape index (κ1) is 12.5. The van der Waals surface area contributed by atoms with E-state index in [1.165, 1.54) is 0 Å². The van der Waals surface area contributed by atoms with Gasteiger partial charge in [-0.05, 0) is 18.1 Å². The third-order valence-corrected chi connectivity index (χ3v) is 2.41. The Hall–Kier alpha value is -0.570. The predicted molar refractivity (Wildman–Crippen MR) is 64.3 cm³/mol. The van der Waals surface area contributed by atoms with E-state index in [9.17, 15) is 0 Å². The molecule has 0 saturated carbocycles. The van der Waals surface area contributed by atoms with Crippen molar-refractivity contribution in [3.05, 3.63) is 34.9 Å². The molecule has 15 heavy (non-hydrogen) atoms. The SMILES string of the molecule is CCCOCCNCc1ccccc1Cl. The van der Waals surface area contributed by atoms with Crippen LogP contribution in [0.3, 0.4) is 0 Å². The van der Waals surface area contributed by atoms with Crippen LogP contribution in [-0.4, -0.2) is 19.8 Å². The smallest absolute Gasteiger partial charge is 0.0591 e. The Balaban J connectivity index is 2.12. The Morgan fingerprint density at radius 1 is 1.27 bits per heavy atom. The van der Waals surface area contributed by atoms with Gasteiger partial charge in [0.25, 0.3) is 0 Å². The third-order valence-electron chi connectivity index (χ3n) is 2.04. The second-order valence-corrected chi connectivity index (χ2v) is 3.79. The summed E-state index contributed by atoms with van der Waals surface area (Å²) in [6.07, 6.45) is 1.07. The zero-order valence-electron chi connectivity index (χ0n) is 9.13. The van der Waals surface area contributed by atoms with Gasteiger partial charge >= 0.3 is 0 Å². The van der Waals surface area contributed by atoms with Crippen molar-refractivity contribution < 1.29 is 4.74 Å². The maximum absolute atomic E-state index is 6.02. The average Bonchev–Trinajstić information content (AvgIpc) is 2.25. The summed E-state index contributed by atoms with van der Waals surface area (Å²) in [6.45, 7) is 5.38. The average molecular weight is 228 g/mol. The number of ether oxygens (including phenoxy) is 1. The van der Waals surface area contributed by atoms with Crippen LogP contribution in [0.1, 0.15) is 18.9 Å². The number of halogens is 1. The molecule has 3 heteroatoms. The van der Waals surface area contributed by atoms with Crippen molar-refractivity contribution in [1.29, 1.82) is 0 Å². The van der Waals surface area contributed by atoms with E-state index in [0.717, 1.165) is 43.3 Å². The molecule has 0 aliphatic carbocycles. The molecule has 1 N–H and O–H groups in total. The van der Waals surface area contributed by atoms with Crippen LogP contribution in [0, 0.1) is 0 Å². The molecule has 0 amide bonds. The molecule has 0 aliphatic heterocycles. The Labute approximate surface area is 96.6 Å².